The first kappa shape index (κ1) is 33.1. The lowest BCUT2D eigenvalue weighted by Crippen LogP contribution is -2.58. The molecule has 2 aromatic rings. The average Bonchev–Trinajstić information content (AvgIpc) is 3.34. The molecule has 2 rings (SSSR count). The molecule has 3 amide bonds. The van der Waals surface area contributed by atoms with Crippen molar-refractivity contribution in [3.05, 3.63) is 36.0 Å². The number of nitrogens with one attached hydrogen (secondary N) is 4. The molecule has 11 N–H and O–H groups in total. The van der Waals surface area contributed by atoms with Crippen LogP contribution in [0.1, 0.15) is 52.5 Å². The molecule has 0 aliphatic rings. The Morgan fingerprint density at radius 2 is 1.61 bits per heavy atom. The second-order valence-electron chi connectivity index (χ2n) is 10.6. The number of para-hydroxylation sites is 1. The molecule has 0 radical (unpaired) electrons. The number of nitrogens with two attached hydrogens (primary N) is 3. The molecule has 0 fully saturated rings. The molecule has 0 saturated carbocycles. The first-order valence-corrected chi connectivity index (χ1v) is 13.9. The van der Waals surface area contributed by atoms with Crippen molar-refractivity contribution in [2.45, 2.75) is 77.5 Å². The number of hydrogen-bond acceptors (Lipinski definition) is 6. The number of aliphatic imine (C=N–C) groups is 1. The van der Waals surface area contributed by atoms with Crippen molar-refractivity contribution < 1.29 is 24.3 Å². The number of aromatic nitrogens is 1. The summed E-state index contributed by atoms with van der Waals surface area (Å²) in [6.45, 7) is 7.36. The van der Waals surface area contributed by atoms with E-state index in [2.05, 4.69) is 25.9 Å². The number of carboxylic acid groups (broad SMARTS) is 1. The van der Waals surface area contributed by atoms with Gasteiger partial charge in [0.2, 0.25) is 17.7 Å². The fourth-order valence-electron chi connectivity index (χ4n) is 4.28. The monoisotopic (exact) mass is 572 g/mol. The predicted molar refractivity (Wildman–Crippen MR) is 158 cm³/mol. The van der Waals surface area contributed by atoms with E-state index in [0.29, 0.717) is 12.8 Å². The van der Waals surface area contributed by atoms with Gasteiger partial charge in [-0.15, -0.1) is 0 Å². The molecule has 13 nitrogen and oxygen atoms in total. The lowest BCUT2D eigenvalue weighted by molar-refractivity contribution is -0.143. The highest BCUT2D eigenvalue weighted by molar-refractivity contribution is 5.95. The summed E-state index contributed by atoms with van der Waals surface area (Å²) in [4.78, 5) is 58.8. The minimum atomic E-state index is -1.17. The number of carboxylic acids is 1. The quantitative estimate of drug-likeness (QED) is 0.0791. The van der Waals surface area contributed by atoms with E-state index in [0.717, 1.165) is 16.5 Å². The summed E-state index contributed by atoms with van der Waals surface area (Å²) in [6.07, 6.45) is 2.88. The fourth-order valence-corrected chi connectivity index (χ4v) is 4.28. The van der Waals surface area contributed by atoms with Crippen LogP contribution in [0.25, 0.3) is 10.9 Å². The summed E-state index contributed by atoms with van der Waals surface area (Å²) in [5.41, 5.74) is 18.4. The van der Waals surface area contributed by atoms with Crippen LogP contribution in [0.2, 0.25) is 0 Å². The predicted octanol–water partition coefficient (Wildman–Crippen LogP) is 0.332. The minimum absolute atomic E-state index is 0.0780. The van der Waals surface area contributed by atoms with Gasteiger partial charge in [0, 0.05) is 30.1 Å². The van der Waals surface area contributed by atoms with E-state index in [9.17, 15) is 24.3 Å². The van der Waals surface area contributed by atoms with Gasteiger partial charge in [0.15, 0.2) is 5.96 Å². The number of benzene rings is 1. The zero-order chi connectivity index (χ0) is 30.7. The number of aromatic amines is 1. The number of H-pyrrole nitrogens is 1. The molecule has 41 heavy (non-hydrogen) atoms. The Morgan fingerprint density at radius 3 is 2.22 bits per heavy atom. The number of nitrogens with zero attached hydrogens (tertiary/aromatic N) is 1. The second-order valence-corrected chi connectivity index (χ2v) is 10.6. The zero-order valence-corrected chi connectivity index (χ0v) is 24.1. The van der Waals surface area contributed by atoms with Gasteiger partial charge in [-0.1, -0.05) is 52.3 Å². The second kappa shape index (κ2) is 15.6. The van der Waals surface area contributed by atoms with E-state index in [-0.39, 0.29) is 37.2 Å². The highest BCUT2D eigenvalue weighted by Crippen LogP contribution is 2.20. The number of carbonyl (C=O) groups is 4. The molecule has 0 spiro atoms. The summed E-state index contributed by atoms with van der Waals surface area (Å²) >= 11 is 0. The average molecular weight is 573 g/mol. The van der Waals surface area contributed by atoms with Gasteiger partial charge < -0.3 is 43.2 Å². The number of hydrogen-bond donors (Lipinski definition) is 8. The molecule has 0 saturated heterocycles. The first-order chi connectivity index (χ1) is 19.3. The van der Waals surface area contributed by atoms with E-state index in [1.807, 2.05) is 31.2 Å². The SMILES string of the molecule is CCC(C)C(NC(=O)C(Cc1c[nH]c2ccccc12)NC(=O)C(CCCN=C(N)N)NC(=O)C(N)C(C)C)C(=O)O. The molecule has 0 aliphatic carbocycles. The van der Waals surface area contributed by atoms with Crippen molar-refractivity contribution in [2.75, 3.05) is 6.54 Å². The molecular formula is C28H44N8O5. The topological polar surface area (TPSA) is 231 Å². The number of rotatable bonds is 16. The Balaban J connectivity index is 2.35. The van der Waals surface area contributed by atoms with Crippen LogP contribution in [0, 0.1) is 11.8 Å². The van der Waals surface area contributed by atoms with E-state index in [1.165, 1.54) is 0 Å². The van der Waals surface area contributed by atoms with Gasteiger partial charge in [0.1, 0.15) is 18.1 Å². The van der Waals surface area contributed by atoms with Crippen LogP contribution in [-0.2, 0) is 25.6 Å². The normalized spacial score (nSPS) is 14.9. The van der Waals surface area contributed by atoms with Crippen LogP contribution in [0.4, 0.5) is 0 Å². The van der Waals surface area contributed by atoms with Crippen molar-refractivity contribution in [2.24, 2.45) is 34.0 Å². The van der Waals surface area contributed by atoms with Gasteiger partial charge >= 0.3 is 5.97 Å². The number of fused-ring (bicyclic) bond motifs is 1. The van der Waals surface area contributed by atoms with Crippen molar-refractivity contribution in [3.8, 4) is 0 Å². The molecule has 0 aliphatic heterocycles. The molecule has 226 valence electrons. The van der Waals surface area contributed by atoms with Crippen LogP contribution in [0.3, 0.4) is 0 Å². The van der Waals surface area contributed by atoms with E-state index >= 15 is 0 Å². The largest absolute Gasteiger partial charge is 0.480 e. The Bertz CT molecular complexity index is 1220. The Labute approximate surface area is 240 Å². The van der Waals surface area contributed by atoms with Crippen LogP contribution in [0.5, 0.6) is 0 Å². The third-order valence-electron chi connectivity index (χ3n) is 7.11. The first-order valence-electron chi connectivity index (χ1n) is 13.9. The van der Waals surface area contributed by atoms with Gasteiger partial charge in [-0.3, -0.25) is 19.4 Å². The van der Waals surface area contributed by atoms with Crippen LogP contribution < -0.4 is 33.2 Å². The van der Waals surface area contributed by atoms with Crippen LogP contribution in [0.15, 0.2) is 35.5 Å². The molecule has 0 bridgehead atoms. The summed E-state index contributed by atoms with van der Waals surface area (Å²) in [5.74, 6) is -3.56. The highest BCUT2D eigenvalue weighted by Gasteiger charge is 2.32. The summed E-state index contributed by atoms with van der Waals surface area (Å²) in [6, 6.07) is 3.34. The van der Waals surface area contributed by atoms with E-state index in [4.69, 9.17) is 17.2 Å². The number of amides is 3. The van der Waals surface area contributed by atoms with Gasteiger partial charge in [-0.2, -0.15) is 0 Å². The fraction of sp³-hybridized carbons (Fsp3) is 0.536. The molecule has 1 heterocycles. The number of aliphatic carboxylic acids is 1. The Kier molecular flexibility index (Phi) is 12.6. The maximum absolute atomic E-state index is 13.6. The molecule has 1 aromatic carbocycles. The molecule has 1 aromatic heterocycles. The molecule has 5 unspecified atom stereocenters. The van der Waals surface area contributed by atoms with Crippen molar-refractivity contribution in [1.82, 2.24) is 20.9 Å². The standard InChI is InChI=1S/C28H44N8O5/c1-5-16(4)23(27(40)41)36-25(38)21(13-17-14-33-19-10-7-6-9-18(17)19)35-24(37)20(11-8-12-32-28(30)31)34-26(39)22(29)15(2)3/h6-7,9-10,14-16,20-23,33H,5,8,11-13,29H2,1-4H3,(H,34,39)(H,35,37)(H,36,38)(H,40,41)(H4,30,31,32). The van der Waals surface area contributed by atoms with E-state index in [1.54, 1.807) is 27.0 Å². The Morgan fingerprint density at radius 1 is 0.976 bits per heavy atom. The maximum Gasteiger partial charge on any atom is 0.326 e. The van der Waals surface area contributed by atoms with Gasteiger partial charge in [-0.05, 0) is 36.3 Å². The van der Waals surface area contributed by atoms with Gasteiger partial charge in [0.25, 0.3) is 0 Å². The lowest BCUT2D eigenvalue weighted by Gasteiger charge is -2.27. The summed E-state index contributed by atoms with van der Waals surface area (Å²) in [5, 5.41) is 18.6. The van der Waals surface area contributed by atoms with Crippen LogP contribution in [-0.4, -0.2) is 70.5 Å². The zero-order valence-electron chi connectivity index (χ0n) is 24.1. The lowest BCUT2D eigenvalue weighted by atomic mass is 9.97. The van der Waals surface area contributed by atoms with Crippen molar-refractivity contribution >= 4 is 40.6 Å². The minimum Gasteiger partial charge on any atom is -0.480 e. The van der Waals surface area contributed by atoms with E-state index < -0.39 is 47.9 Å². The van der Waals surface area contributed by atoms with Crippen molar-refractivity contribution in [1.29, 1.82) is 0 Å². The maximum atomic E-state index is 13.6. The van der Waals surface area contributed by atoms with Crippen LogP contribution >= 0.6 is 0 Å². The third kappa shape index (κ3) is 9.78. The number of guanidine groups is 1. The molecule has 5 atom stereocenters. The molecule has 13 heteroatoms. The summed E-state index contributed by atoms with van der Waals surface area (Å²) < 4.78 is 0. The van der Waals surface area contributed by atoms with Crippen molar-refractivity contribution in [3.63, 3.8) is 0 Å². The number of carbonyl (C=O) groups excluding carboxylic acids is 3. The molecular weight excluding hydrogens is 528 g/mol. The summed E-state index contributed by atoms with van der Waals surface area (Å²) in [7, 11) is 0. The van der Waals surface area contributed by atoms with Gasteiger partial charge in [0.05, 0.1) is 6.04 Å². The third-order valence-corrected chi connectivity index (χ3v) is 7.11. The van der Waals surface area contributed by atoms with Gasteiger partial charge in [-0.25, -0.2) is 4.79 Å². The highest BCUT2D eigenvalue weighted by atomic mass is 16.4. The Hall–Kier alpha value is -4.13. The smallest absolute Gasteiger partial charge is 0.326 e.